The predicted molar refractivity (Wildman–Crippen MR) is 71.3 cm³/mol. The van der Waals surface area contributed by atoms with Gasteiger partial charge in [-0.15, -0.1) is 11.3 Å². The van der Waals surface area contributed by atoms with Crippen molar-refractivity contribution < 1.29 is 9.90 Å². The topological polar surface area (TPSA) is 50.2 Å². The summed E-state index contributed by atoms with van der Waals surface area (Å²) in [4.78, 5) is 15.2. The lowest BCUT2D eigenvalue weighted by Crippen LogP contribution is -2.06. The van der Waals surface area contributed by atoms with Crippen LogP contribution < -0.4 is 0 Å². The minimum Gasteiger partial charge on any atom is -0.481 e. The standard InChI is InChI=1S/C12H10BrNO2S/c1-7(12(15)16)11-14-10(6-17-11)8-2-4-9(13)5-3-8/h2-7H,1H3,(H,15,16). The predicted octanol–water partition coefficient (Wildman–Crippen LogP) is 3.76. The van der Waals surface area contributed by atoms with Gasteiger partial charge in [0.1, 0.15) is 10.9 Å². The zero-order chi connectivity index (χ0) is 12.4. The molecular formula is C12H10BrNO2S. The second kappa shape index (κ2) is 4.98. The Hall–Kier alpha value is -1.20. The fourth-order valence-corrected chi connectivity index (χ4v) is 2.49. The molecule has 0 saturated carbocycles. The largest absolute Gasteiger partial charge is 0.481 e. The maximum absolute atomic E-state index is 10.9. The Morgan fingerprint density at radius 3 is 2.65 bits per heavy atom. The van der Waals surface area contributed by atoms with Gasteiger partial charge >= 0.3 is 5.97 Å². The van der Waals surface area contributed by atoms with Gasteiger partial charge in [-0.25, -0.2) is 4.98 Å². The maximum atomic E-state index is 10.9. The van der Waals surface area contributed by atoms with Crippen LogP contribution in [-0.4, -0.2) is 16.1 Å². The van der Waals surface area contributed by atoms with Crippen LogP contribution in [0.2, 0.25) is 0 Å². The Labute approximate surface area is 111 Å². The fraction of sp³-hybridized carbons (Fsp3) is 0.167. The van der Waals surface area contributed by atoms with Gasteiger partial charge in [-0.05, 0) is 19.1 Å². The Kier molecular flexibility index (Phi) is 3.59. The van der Waals surface area contributed by atoms with E-state index < -0.39 is 11.9 Å². The van der Waals surface area contributed by atoms with Crippen molar-refractivity contribution in [2.75, 3.05) is 0 Å². The van der Waals surface area contributed by atoms with Crippen LogP contribution in [0.15, 0.2) is 34.1 Å². The number of carbonyl (C=O) groups is 1. The highest BCUT2D eigenvalue weighted by Gasteiger charge is 2.17. The van der Waals surface area contributed by atoms with E-state index >= 15 is 0 Å². The molecule has 0 saturated heterocycles. The van der Waals surface area contributed by atoms with Gasteiger partial charge in [0, 0.05) is 15.4 Å². The molecule has 0 bridgehead atoms. The van der Waals surface area contributed by atoms with Crippen LogP contribution in [0.1, 0.15) is 17.8 Å². The highest BCUT2D eigenvalue weighted by atomic mass is 79.9. The summed E-state index contributed by atoms with van der Waals surface area (Å²) in [7, 11) is 0. The molecule has 0 aliphatic rings. The molecule has 0 aliphatic carbocycles. The molecule has 1 aromatic heterocycles. The molecule has 0 amide bonds. The molecule has 2 aromatic rings. The summed E-state index contributed by atoms with van der Waals surface area (Å²) in [6.07, 6.45) is 0. The third-order valence-electron chi connectivity index (χ3n) is 2.40. The smallest absolute Gasteiger partial charge is 0.313 e. The van der Waals surface area contributed by atoms with E-state index in [4.69, 9.17) is 5.11 Å². The average Bonchev–Trinajstić information content (AvgIpc) is 2.78. The molecule has 1 aromatic carbocycles. The molecule has 88 valence electrons. The lowest BCUT2D eigenvalue weighted by Gasteiger charge is -2.00. The molecule has 1 unspecified atom stereocenters. The maximum Gasteiger partial charge on any atom is 0.313 e. The van der Waals surface area contributed by atoms with Crippen molar-refractivity contribution in [1.82, 2.24) is 4.98 Å². The molecule has 0 fully saturated rings. The summed E-state index contributed by atoms with van der Waals surface area (Å²) < 4.78 is 1.01. The van der Waals surface area contributed by atoms with E-state index in [0.717, 1.165) is 15.7 Å². The highest BCUT2D eigenvalue weighted by molar-refractivity contribution is 9.10. The number of halogens is 1. The highest BCUT2D eigenvalue weighted by Crippen LogP contribution is 2.27. The number of thiazole rings is 1. The van der Waals surface area contributed by atoms with Crippen molar-refractivity contribution in [2.45, 2.75) is 12.8 Å². The summed E-state index contributed by atoms with van der Waals surface area (Å²) in [5.41, 5.74) is 1.82. The molecule has 0 radical (unpaired) electrons. The minimum absolute atomic E-state index is 0.552. The summed E-state index contributed by atoms with van der Waals surface area (Å²) in [5, 5.41) is 11.4. The van der Waals surface area contributed by atoms with Crippen LogP contribution in [-0.2, 0) is 4.79 Å². The molecular weight excluding hydrogens is 302 g/mol. The lowest BCUT2D eigenvalue weighted by molar-refractivity contribution is -0.138. The van der Waals surface area contributed by atoms with Crippen molar-refractivity contribution in [1.29, 1.82) is 0 Å². The average molecular weight is 312 g/mol. The van der Waals surface area contributed by atoms with E-state index in [9.17, 15) is 4.79 Å². The van der Waals surface area contributed by atoms with Gasteiger partial charge in [-0.3, -0.25) is 4.79 Å². The Morgan fingerprint density at radius 2 is 2.06 bits per heavy atom. The number of carboxylic acids is 1. The molecule has 1 atom stereocenters. The first-order valence-corrected chi connectivity index (χ1v) is 6.69. The SMILES string of the molecule is CC(C(=O)O)c1nc(-c2ccc(Br)cc2)cs1. The van der Waals surface area contributed by atoms with Gasteiger partial charge in [-0.1, -0.05) is 28.1 Å². The second-order valence-electron chi connectivity index (χ2n) is 3.64. The van der Waals surface area contributed by atoms with Crippen LogP contribution in [0.4, 0.5) is 0 Å². The molecule has 2 rings (SSSR count). The second-order valence-corrected chi connectivity index (χ2v) is 5.44. The van der Waals surface area contributed by atoms with Gasteiger partial charge < -0.3 is 5.11 Å². The number of nitrogens with zero attached hydrogens (tertiary/aromatic N) is 1. The lowest BCUT2D eigenvalue weighted by atomic mass is 10.1. The third-order valence-corrected chi connectivity index (χ3v) is 3.96. The van der Waals surface area contributed by atoms with Crippen LogP contribution in [0.25, 0.3) is 11.3 Å². The molecule has 0 aliphatic heterocycles. The molecule has 1 N–H and O–H groups in total. The van der Waals surface area contributed by atoms with E-state index in [2.05, 4.69) is 20.9 Å². The summed E-state index contributed by atoms with van der Waals surface area (Å²) in [6.45, 7) is 1.65. The first kappa shape index (κ1) is 12.3. The molecule has 0 spiro atoms. The fourth-order valence-electron chi connectivity index (χ4n) is 1.35. The summed E-state index contributed by atoms with van der Waals surface area (Å²) in [6, 6.07) is 7.78. The third kappa shape index (κ3) is 2.73. The number of aromatic nitrogens is 1. The first-order valence-electron chi connectivity index (χ1n) is 5.02. The Bertz CT molecular complexity index is 536. The van der Waals surface area contributed by atoms with Gasteiger partial charge in [0.15, 0.2) is 0 Å². The number of carboxylic acid groups (broad SMARTS) is 1. The monoisotopic (exact) mass is 311 g/mol. The first-order chi connectivity index (χ1) is 8.08. The number of benzene rings is 1. The quantitative estimate of drug-likeness (QED) is 0.939. The van der Waals surface area contributed by atoms with Crippen molar-refractivity contribution >= 4 is 33.2 Å². The number of aliphatic carboxylic acids is 1. The van der Waals surface area contributed by atoms with Crippen molar-refractivity contribution in [3.8, 4) is 11.3 Å². The Balaban J connectivity index is 2.29. The summed E-state index contributed by atoms with van der Waals surface area (Å²) >= 11 is 4.75. The molecule has 17 heavy (non-hydrogen) atoms. The zero-order valence-corrected chi connectivity index (χ0v) is 11.5. The molecule has 5 heteroatoms. The van der Waals surface area contributed by atoms with E-state index in [-0.39, 0.29) is 0 Å². The van der Waals surface area contributed by atoms with Crippen molar-refractivity contribution in [3.05, 3.63) is 39.1 Å². The van der Waals surface area contributed by atoms with Gasteiger partial charge in [0.2, 0.25) is 0 Å². The minimum atomic E-state index is -0.846. The van der Waals surface area contributed by atoms with Gasteiger partial charge in [0.05, 0.1) is 5.69 Å². The van der Waals surface area contributed by atoms with Gasteiger partial charge in [0.25, 0.3) is 0 Å². The number of hydrogen-bond donors (Lipinski definition) is 1. The number of hydrogen-bond acceptors (Lipinski definition) is 3. The van der Waals surface area contributed by atoms with Crippen LogP contribution >= 0.6 is 27.3 Å². The Morgan fingerprint density at radius 1 is 1.41 bits per heavy atom. The number of rotatable bonds is 3. The van der Waals surface area contributed by atoms with E-state index in [0.29, 0.717) is 5.01 Å². The van der Waals surface area contributed by atoms with E-state index in [1.165, 1.54) is 11.3 Å². The molecule has 3 nitrogen and oxygen atoms in total. The van der Waals surface area contributed by atoms with Crippen molar-refractivity contribution in [2.24, 2.45) is 0 Å². The van der Waals surface area contributed by atoms with Crippen molar-refractivity contribution in [3.63, 3.8) is 0 Å². The van der Waals surface area contributed by atoms with E-state index in [1.807, 2.05) is 29.6 Å². The van der Waals surface area contributed by atoms with Crippen LogP contribution in [0.3, 0.4) is 0 Å². The normalized spacial score (nSPS) is 12.4. The van der Waals surface area contributed by atoms with Gasteiger partial charge in [-0.2, -0.15) is 0 Å². The summed E-state index contributed by atoms with van der Waals surface area (Å²) in [5.74, 6) is -1.40. The van der Waals surface area contributed by atoms with Crippen LogP contribution in [0.5, 0.6) is 0 Å². The zero-order valence-electron chi connectivity index (χ0n) is 9.05. The van der Waals surface area contributed by atoms with Crippen LogP contribution in [0, 0.1) is 0 Å². The van der Waals surface area contributed by atoms with E-state index in [1.54, 1.807) is 6.92 Å². The molecule has 1 heterocycles.